The summed E-state index contributed by atoms with van der Waals surface area (Å²) in [5.41, 5.74) is 0.610. The van der Waals surface area contributed by atoms with Gasteiger partial charge in [0.2, 0.25) is 10.0 Å². The van der Waals surface area contributed by atoms with E-state index in [1.165, 1.54) is 4.31 Å². The molecule has 1 aliphatic rings. The first-order valence-electron chi connectivity index (χ1n) is 6.47. The first kappa shape index (κ1) is 15.5. The van der Waals surface area contributed by atoms with E-state index in [1.807, 2.05) is 18.2 Å². The number of halogens is 1. The molecular weight excluding hydrogens is 344 g/mol. The van der Waals surface area contributed by atoms with Gasteiger partial charge in [0.05, 0.1) is 11.3 Å². The third-order valence-electron chi connectivity index (χ3n) is 3.39. The quantitative estimate of drug-likeness (QED) is 0.821. The largest absolute Gasteiger partial charge is 0.336 e. The Morgan fingerprint density at radius 1 is 1.20 bits per heavy atom. The van der Waals surface area contributed by atoms with Crippen LogP contribution in [0.3, 0.4) is 0 Å². The van der Waals surface area contributed by atoms with Crippen molar-refractivity contribution in [3.8, 4) is 0 Å². The third-order valence-corrected chi connectivity index (χ3v) is 5.96. The second-order valence-corrected chi connectivity index (χ2v) is 7.68. The second kappa shape index (κ2) is 6.24. The van der Waals surface area contributed by atoms with E-state index in [0.717, 1.165) is 4.47 Å². The van der Waals surface area contributed by atoms with E-state index in [2.05, 4.69) is 15.9 Å². The van der Waals surface area contributed by atoms with Gasteiger partial charge in [0, 0.05) is 30.7 Å². The highest BCUT2D eigenvalue weighted by molar-refractivity contribution is 9.10. The number of carbonyl (C=O) groups excluding carboxylic acids is 1. The zero-order valence-electron chi connectivity index (χ0n) is 11.3. The van der Waals surface area contributed by atoms with E-state index in [-0.39, 0.29) is 11.7 Å². The fourth-order valence-electron chi connectivity index (χ4n) is 2.16. The number of benzene rings is 1. The van der Waals surface area contributed by atoms with Gasteiger partial charge in [0.15, 0.2) is 0 Å². The molecule has 1 fully saturated rings. The average molecular weight is 361 g/mol. The van der Waals surface area contributed by atoms with Crippen molar-refractivity contribution in [1.82, 2.24) is 9.21 Å². The Balaban J connectivity index is 2.05. The molecule has 1 aromatic rings. The highest BCUT2D eigenvalue weighted by Crippen LogP contribution is 2.19. The standard InChI is InChI=1S/C13H17BrN2O3S/c1-2-20(18,19)16-9-7-15(8-10-16)13(17)11-5-3-4-6-12(11)14/h3-6H,2,7-10H2,1H3. The van der Waals surface area contributed by atoms with Crippen molar-refractivity contribution in [2.45, 2.75) is 6.92 Å². The summed E-state index contributed by atoms with van der Waals surface area (Å²) in [6.07, 6.45) is 0. The lowest BCUT2D eigenvalue weighted by Gasteiger charge is -2.34. The Labute approximate surface area is 127 Å². The maximum Gasteiger partial charge on any atom is 0.255 e. The van der Waals surface area contributed by atoms with Gasteiger partial charge in [-0.3, -0.25) is 4.79 Å². The molecule has 20 heavy (non-hydrogen) atoms. The fraction of sp³-hybridized carbons (Fsp3) is 0.462. The van der Waals surface area contributed by atoms with Crippen LogP contribution in [-0.4, -0.2) is 55.5 Å². The summed E-state index contributed by atoms with van der Waals surface area (Å²) in [6, 6.07) is 7.26. The second-order valence-electron chi connectivity index (χ2n) is 4.57. The minimum Gasteiger partial charge on any atom is -0.336 e. The highest BCUT2D eigenvalue weighted by atomic mass is 79.9. The smallest absolute Gasteiger partial charge is 0.255 e. The van der Waals surface area contributed by atoms with Gasteiger partial charge >= 0.3 is 0 Å². The van der Waals surface area contributed by atoms with Crippen molar-refractivity contribution >= 4 is 31.9 Å². The van der Waals surface area contributed by atoms with Crippen molar-refractivity contribution in [2.24, 2.45) is 0 Å². The molecule has 1 heterocycles. The maximum atomic E-state index is 12.4. The lowest BCUT2D eigenvalue weighted by Crippen LogP contribution is -2.50. The molecule has 0 radical (unpaired) electrons. The zero-order valence-corrected chi connectivity index (χ0v) is 13.7. The zero-order chi connectivity index (χ0) is 14.8. The van der Waals surface area contributed by atoms with Crippen LogP contribution in [0.25, 0.3) is 0 Å². The Bertz CT molecular complexity index is 595. The number of hydrogen-bond acceptors (Lipinski definition) is 3. The van der Waals surface area contributed by atoms with Crippen LogP contribution in [0.5, 0.6) is 0 Å². The summed E-state index contributed by atoms with van der Waals surface area (Å²) >= 11 is 3.36. The van der Waals surface area contributed by atoms with Crippen LogP contribution in [0, 0.1) is 0 Å². The minimum absolute atomic E-state index is 0.0639. The van der Waals surface area contributed by atoms with Crippen molar-refractivity contribution in [3.63, 3.8) is 0 Å². The van der Waals surface area contributed by atoms with Crippen LogP contribution in [0.1, 0.15) is 17.3 Å². The monoisotopic (exact) mass is 360 g/mol. The van der Waals surface area contributed by atoms with Crippen LogP contribution in [-0.2, 0) is 10.0 Å². The van der Waals surface area contributed by atoms with Gasteiger partial charge in [-0.1, -0.05) is 12.1 Å². The maximum absolute atomic E-state index is 12.4. The topological polar surface area (TPSA) is 57.7 Å². The molecule has 1 amide bonds. The number of nitrogens with zero attached hydrogens (tertiary/aromatic N) is 2. The minimum atomic E-state index is -3.16. The summed E-state index contributed by atoms with van der Waals surface area (Å²) in [7, 11) is -3.16. The Hall–Kier alpha value is -0.920. The molecule has 1 aliphatic heterocycles. The molecule has 0 aromatic heterocycles. The highest BCUT2D eigenvalue weighted by Gasteiger charge is 2.28. The van der Waals surface area contributed by atoms with Crippen LogP contribution >= 0.6 is 15.9 Å². The van der Waals surface area contributed by atoms with E-state index in [4.69, 9.17) is 0 Å². The van der Waals surface area contributed by atoms with E-state index >= 15 is 0 Å². The summed E-state index contributed by atoms with van der Waals surface area (Å²) in [5.74, 6) is 0.0385. The first-order valence-corrected chi connectivity index (χ1v) is 8.87. The third kappa shape index (κ3) is 3.21. The van der Waals surface area contributed by atoms with Gasteiger partial charge in [0.1, 0.15) is 0 Å². The van der Waals surface area contributed by atoms with Gasteiger partial charge < -0.3 is 4.90 Å². The van der Waals surface area contributed by atoms with Gasteiger partial charge in [-0.25, -0.2) is 8.42 Å². The summed E-state index contributed by atoms with van der Waals surface area (Å²) in [6.45, 7) is 3.23. The number of amides is 1. The summed E-state index contributed by atoms with van der Waals surface area (Å²) in [5, 5.41) is 0. The van der Waals surface area contributed by atoms with Gasteiger partial charge in [-0.2, -0.15) is 4.31 Å². The van der Waals surface area contributed by atoms with Crippen molar-refractivity contribution in [2.75, 3.05) is 31.9 Å². The van der Waals surface area contributed by atoms with Crippen LogP contribution < -0.4 is 0 Å². The molecule has 0 unspecified atom stereocenters. The molecule has 0 spiro atoms. The predicted molar refractivity (Wildman–Crippen MR) is 81.1 cm³/mol. The molecule has 2 rings (SSSR count). The molecule has 110 valence electrons. The molecule has 0 atom stereocenters. The number of hydrogen-bond donors (Lipinski definition) is 0. The first-order chi connectivity index (χ1) is 9.45. The summed E-state index contributed by atoms with van der Waals surface area (Å²) in [4.78, 5) is 14.1. The molecule has 1 saturated heterocycles. The molecule has 5 nitrogen and oxygen atoms in total. The van der Waals surface area contributed by atoms with E-state index in [0.29, 0.717) is 31.7 Å². The molecule has 0 saturated carbocycles. The molecule has 1 aromatic carbocycles. The van der Waals surface area contributed by atoms with Gasteiger partial charge in [0.25, 0.3) is 5.91 Å². The molecule has 0 N–H and O–H groups in total. The normalized spacial score (nSPS) is 17.2. The molecule has 0 bridgehead atoms. The van der Waals surface area contributed by atoms with E-state index < -0.39 is 10.0 Å². The fourth-order valence-corrected chi connectivity index (χ4v) is 3.70. The van der Waals surface area contributed by atoms with Gasteiger partial charge in [-0.15, -0.1) is 0 Å². The van der Waals surface area contributed by atoms with Crippen LogP contribution in [0.15, 0.2) is 28.7 Å². The van der Waals surface area contributed by atoms with Crippen molar-refractivity contribution in [3.05, 3.63) is 34.3 Å². The van der Waals surface area contributed by atoms with Crippen LogP contribution in [0.2, 0.25) is 0 Å². The average Bonchev–Trinajstić information content (AvgIpc) is 2.47. The number of piperazine rings is 1. The molecule has 7 heteroatoms. The number of carbonyl (C=O) groups is 1. The number of rotatable bonds is 3. The Morgan fingerprint density at radius 2 is 1.80 bits per heavy atom. The predicted octanol–water partition coefficient (Wildman–Crippen LogP) is 1.56. The lowest BCUT2D eigenvalue weighted by molar-refractivity contribution is 0.0697. The Kier molecular flexibility index (Phi) is 4.82. The van der Waals surface area contributed by atoms with Crippen molar-refractivity contribution in [1.29, 1.82) is 0 Å². The summed E-state index contributed by atoms with van der Waals surface area (Å²) < 4.78 is 25.8. The van der Waals surface area contributed by atoms with Gasteiger partial charge in [-0.05, 0) is 35.0 Å². The Morgan fingerprint density at radius 3 is 2.35 bits per heavy atom. The van der Waals surface area contributed by atoms with Crippen LogP contribution in [0.4, 0.5) is 0 Å². The van der Waals surface area contributed by atoms with E-state index in [1.54, 1.807) is 17.9 Å². The van der Waals surface area contributed by atoms with E-state index in [9.17, 15) is 13.2 Å². The number of sulfonamides is 1. The van der Waals surface area contributed by atoms with Crippen molar-refractivity contribution < 1.29 is 13.2 Å². The SMILES string of the molecule is CCS(=O)(=O)N1CCN(C(=O)c2ccccc2Br)CC1. The molecule has 0 aliphatic carbocycles. The molecular formula is C13H17BrN2O3S. The lowest BCUT2D eigenvalue weighted by atomic mass is 10.2.